The fourth-order valence-electron chi connectivity index (χ4n) is 5.97. The summed E-state index contributed by atoms with van der Waals surface area (Å²) >= 11 is 0. The summed E-state index contributed by atoms with van der Waals surface area (Å²) in [5.41, 5.74) is 5.84. The summed E-state index contributed by atoms with van der Waals surface area (Å²) in [4.78, 5) is 57.2. The van der Waals surface area contributed by atoms with Crippen LogP contribution in [0.25, 0.3) is 10.8 Å². The third-order valence-electron chi connectivity index (χ3n) is 8.23. The highest BCUT2D eigenvalue weighted by Gasteiger charge is 2.69. The third kappa shape index (κ3) is 5.35. The molecule has 0 spiro atoms. The molecule has 3 aromatic rings. The topological polar surface area (TPSA) is 160 Å². The SMILES string of the molecule is CC1(C)[C@@H]2[C@@H](C(=O)NC(C(N)=O)c3nncc4ccccc34)N(C(=O)[C@H](Cc3cccnc3)NC(=O)C(F)(F)F)C[C@@H]21. The quantitative estimate of drug-likeness (QED) is 0.362. The number of benzene rings is 1. The first-order valence-electron chi connectivity index (χ1n) is 13.2. The fourth-order valence-corrected chi connectivity index (χ4v) is 5.97. The Morgan fingerprint density at radius 2 is 1.83 bits per heavy atom. The molecule has 5 rings (SSSR count). The number of alkyl halides is 3. The average Bonchev–Trinajstić information content (AvgIpc) is 3.27. The maximum atomic E-state index is 13.8. The Bertz CT molecular complexity index is 1540. The monoisotopic (exact) mass is 583 g/mol. The number of pyridine rings is 1. The molecule has 4 amide bonds. The van der Waals surface area contributed by atoms with E-state index in [1.54, 1.807) is 41.7 Å². The van der Waals surface area contributed by atoms with Gasteiger partial charge in [0.25, 0.3) is 0 Å². The van der Waals surface area contributed by atoms with Gasteiger partial charge in [0.15, 0.2) is 6.04 Å². The van der Waals surface area contributed by atoms with Crippen LogP contribution in [-0.2, 0) is 25.6 Å². The molecule has 11 nitrogen and oxygen atoms in total. The third-order valence-corrected chi connectivity index (χ3v) is 8.23. The number of likely N-dealkylation sites (tertiary alicyclic amines) is 1. The maximum absolute atomic E-state index is 13.8. The van der Waals surface area contributed by atoms with Crippen LogP contribution in [0.3, 0.4) is 0 Å². The van der Waals surface area contributed by atoms with E-state index < -0.39 is 47.9 Å². The van der Waals surface area contributed by atoms with Crippen LogP contribution in [0.4, 0.5) is 13.2 Å². The number of nitrogens with one attached hydrogen (secondary N) is 2. The lowest BCUT2D eigenvalue weighted by Crippen LogP contribution is -2.58. The second-order valence-electron chi connectivity index (χ2n) is 11.1. The molecule has 1 aliphatic carbocycles. The lowest BCUT2D eigenvalue weighted by atomic mass is 9.98. The largest absolute Gasteiger partial charge is 0.471 e. The highest BCUT2D eigenvalue weighted by atomic mass is 19.4. The summed E-state index contributed by atoms with van der Waals surface area (Å²) in [7, 11) is 0. The highest BCUT2D eigenvalue weighted by molar-refractivity contribution is 5.97. The summed E-state index contributed by atoms with van der Waals surface area (Å²) in [5.74, 6) is -5.24. The van der Waals surface area contributed by atoms with Crippen molar-refractivity contribution >= 4 is 34.4 Å². The van der Waals surface area contributed by atoms with Gasteiger partial charge in [0.05, 0.1) is 6.20 Å². The van der Waals surface area contributed by atoms with E-state index in [0.717, 1.165) is 0 Å². The molecule has 2 aliphatic rings. The van der Waals surface area contributed by atoms with Gasteiger partial charge in [0, 0.05) is 36.1 Å². The van der Waals surface area contributed by atoms with Gasteiger partial charge in [-0.1, -0.05) is 44.2 Å². The van der Waals surface area contributed by atoms with Crippen LogP contribution >= 0.6 is 0 Å². The minimum Gasteiger partial charge on any atom is -0.368 e. The number of rotatable bonds is 8. The predicted octanol–water partition coefficient (Wildman–Crippen LogP) is 1.44. The van der Waals surface area contributed by atoms with Gasteiger partial charge in [-0.2, -0.15) is 23.4 Å². The van der Waals surface area contributed by atoms with Crippen molar-refractivity contribution in [3.05, 3.63) is 66.2 Å². The van der Waals surface area contributed by atoms with Crippen LogP contribution in [0, 0.1) is 17.3 Å². The number of hydrogen-bond donors (Lipinski definition) is 3. The molecule has 14 heteroatoms. The molecule has 220 valence electrons. The van der Waals surface area contributed by atoms with Crippen molar-refractivity contribution in [3.8, 4) is 0 Å². The predicted molar refractivity (Wildman–Crippen MR) is 142 cm³/mol. The van der Waals surface area contributed by atoms with Crippen molar-refractivity contribution in [1.82, 2.24) is 30.7 Å². The molecule has 1 saturated heterocycles. The summed E-state index contributed by atoms with van der Waals surface area (Å²) in [6, 6.07) is 5.87. The van der Waals surface area contributed by atoms with E-state index in [1.807, 2.05) is 13.8 Å². The number of nitrogens with zero attached hydrogens (tertiary/aromatic N) is 4. The zero-order valence-corrected chi connectivity index (χ0v) is 22.6. The Morgan fingerprint density at radius 3 is 2.50 bits per heavy atom. The van der Waals surface area contributed by atoms with Crippen molar-refractivity contribution in [2.75, 3.05) is 6.54 Å². The van der Waals surface area contributed by atoms with Crippen LogP contribution in [0.5, 0.6) is 0 Å². The second kappa shape index (κ2) is 10.7. The number of nitrogens with two attached hydrogens (primary N) is 1. The van der Waals surface area contributed by atoms with Gasteiger partial charge < -0.3 is 21.3 Å². The molecule has 0 radical (unpaired) electrons. The van der Waals surface area contributed by atoms with Crippen molar-refractivity contribution in [2.24, 2.45) is 23.0 Å². The van der Waals surface area contributed by atoms with Gasteiger partial charge >= 0.3 is 12.1 Å². The number of amides is 4. The molecule has 4 N–H and O–H groups in total. The highest BCUT2D eigenvalue weighted by Crippen LogP contribution is 2.65. The smallest absolute Gasteiger partial charge is 0.368 e. The van der Waals surface area contributed by atoms with Gasteiger partial charge in [0.2, 0.25) is 17.7 Å². The molecule has 2 fully saturated rings. The van der Waals surface area contributed by atoms with E-state index in [0.29, 0.717) is 16.3 Å². The van der Waals surface area contributed by atoms with Crippen LogP contribution in [0.1, 0.15) is 31.1 Å². The molecular formula is C28H28F3N7O4. The summed E-state index contributed by atoms with van der Waals surface area (Å²) in [5, 5.41) is 13.5. The summed E-state index contributed by atoms with van der Waals surface area (Å²) < 4.78 is 39.6. The lowest BCUT2D eigenvalue weighted by Gasteiger charge is -2.33. The molecule has 42 heavy (non-hydrogen) atoms. The lowest BCUT2D eigenvalue weighted by molar-refractivity contribution is -0.175. The number of carbonyl (C=O) groups is 4. The Kier molecular flexibility index (Phi) is 7.33. The second-order valence-corrected chi connectivity index (χ2v) is 11.1. The van der Waals surface area contributed by atoms with Crippen molar-refractivity contribution in [2.45, 2.75) is 44.6 Å². The Balaban J connectivity index is 1.45. The fraction of sp³-hybridized carbons (Fsp3) is 0.393. The number of primary amides is 1. The number of carbonyl (C=O) groups excluding carboxylic acids is 4. The first-order chi connectivity index (χ1) is 19.8. The van der Waals surface area contributed by atoms with E-state index in [1.165, 1.54) is 23.5 Å². The minimum atomic E-state index is -5.23. The Labute approximate surface area is 238 Å². The zero-order chi connectivity index (χ0) is 30.4. The Morgan fingerprint density at radius 1 is 1.10 bits per heavy atom. The molecule has 1 unspecified atom stereocenters. The molecule has 1 aliphatic heterocycles. The molecular weight excluding hydrogens is 555 g/mol. The van der Waals surface area contributed by atoms with E-state index in [-0.39, 0.29) is 35.9 Å². The molecule has 5 atom stereocenters. The van der Waals surface area contributed by atoms with Gasteiger partial charge in [-0.15, -0.1) is 0 Å². The number of fused-ring (bicyclic) bond motifs is 2. The number of aromatic nitrogens is 3. The van der Waals surface area contributed by atoms with Crippen LogP contribution < -0.4 is 16.4 Å². The van der Waals surface area contributed by atoms with E-state index >= 15 is 0 Å². The number of hydrogen-bond acceptors (Lipinski definition) is 7. The summed E-state index contributed by atoms with van der Waals surface area (Å²) in [6.45, 7) is 3.92. The van der Waals surface area contributed by atoms with Gasteiger partial charge in [-0.3, -0.25) is 24.2 Å². The van der Waals surface area contributed by atoms with Crippen LogP contribution in [0.2, 0.25) is 0 Å². The molecule has 1 aromatic carbocycles. The Hall–Kier alpha value is -4.62. The van der Waals surface area contributed by atoms with Crippen molar-refractivity contribution in [1.29, 1.82) is 0 Å². The molecule has 0 bridgehead atoms. The van der Waals surface area contributed by atoms with Crippen molar-refractivity contribution < 1.29 is 32.3 Å². The molecule has 2 aromatic heterocycles. The molecule has 3 heterocycles. The first-order valence-corrected chi connectivity index (χ1v) is 13.2. The zero-order valence-electron chi connectivity index (χ0n) is 22.6. The number of piperidine rings is 1. The normalized spacial score (nSPS) is 22.1. The average molecular weight is 584 g/mol. The van der Waals surface area contributed by atoms with Gasteiger partial charge in [-0.25, -0.2) is 0 Å². The first kappa shape index (κ1) is 28.9. The number of halogens is 3. The van der Waals surface area contributed by atoms with E-state index in [9.17, 15) is 32.3 Å². The van der Waals surface area contributed by atoms with Crippen molar-refractivity contribution in [3.63, 3.8) is 0 Å². The van der Waals surface area contributed by atoms with Gasteiger partial charge in [-0.05, 0) is 28.9 Å². The summed E-state index contributed by atoms with van der Waals surface area (Å²) in [6.07, 6.45) is -1.19. The maximum Gasteiger partial charge on any atom is 0.471 e. The minimum absolute atomic E-state index is 0.0787. The van der Waals surface area contributed by atoms with E-state index in [2.05, 4.69) is 20.5 Å². The van der Waals surface area contributed by atoms with Crippen LogP contribution in [-0.4, -0.2) is 68.5 Å². The van der Waals surface area contributed by atoms with Gasteiger partial charge in [0.1, 0.15) is 17.8 Å². The van der Waals surface area contributed by atoms with Crippen LogP contribution in [0.15, 0.2) is 55.0 Å². The van der Waals surface area contributed by atoms with E-state index in [4.69, 9.17) is 5.73 Å². The standard InChI is InChI=1S/C28H28F3N7O4/c1-27(2)17-13-38(25(41)18(35-26(42)28(29,30)31)10-14-6-5-9-33-11-14)22(19(17)27)24(40)36-21(23(32)39)20-16-8-4-3-7-15(16)12-34-37-20/h3-9,11-12,17-19,21-22H,10,13H2,1-2H3,(H2,32,39)(H,35,42)(H,36,40)/t17-,18-,19-,21?,22-/m0/s1. The molecule has 1 saturated carbocycles.